The van der Waals surface area contributed by atoms with Gasteiger partial charge in [-0.25, -0.2) is 0 Å². The predicted octanol–water partition coefficient (Wildman–Crippen LogP) is 2.00. The molecule has 1 saturated carbocycles. The smallest absolute Gasteiger partial charge is 0.191 e. The van der Waals surface area contributed by atoms with Gasteiger partial charge in [0.15, 0.2) is 5.96 Å². The lowest BCUT2D eigenvalue weighted by Gasteiger charge is -2.24. The standard InChI is InChI=1S/C19H38N4O2/c1-3-20-19(21-11-6-7-13-25-15-14-24-2)22-17-10-12-23(16-17)18-8-4-5-9-18/h17-18H,3-16H2,1-2H3,(H2,20,21,22). The largest absolute Gasteiger partial charge is 0.382 e. The lowest BCUT2D eigenvalue weighted by atomic mass is 10.2. The van der Waals surface area contributed by atoms with Crippen molar-refractivity contribution < 1.29 is 9.47 Å². The molecule has 1 unspecified atom stereocenters. The molecule has 0 bridgehead atoms. The van der Waals surface area contributed by atoms with Crippen molar-refractivity contribution in [3.63, 3.8) is 0 Å². The highest BCUT2D eigenvalue weighted by Gasteiger charge is 2.30. The summed E-state index contributed by atoms with van der Waals surface area (Å²) in [7, 11) is 1.70. The van der Waals surface area contributed by atoms with Gasteiger partial charge in [0.1, 0.15) is 0 Å². The Morgan fingerprint density at radius 1 is 1.12 bits per heavy atom. The molecular formula is C19H38N4O2. The fourth-order valence-electron chi connectivity index (χ4n) is 3.77. The highest BCUT2D eigenvalue weighted by atomic mass is 16.5. The first-order valence-electron chi connectivity index (χ1n) is 10.2. The maximum atomic E-state index is 5.49. The van der Waals surface area contributed by atoms with Crippen LogP contribution in [0.4, 0.5) is 0 Å². The Morgan fingerprint density at radius 2 is 1.96 bits per heavy atom. The lowest BCUT2D eigenvalue weighted by molar-refractivity contribution is 0.0690. The Bertz CT molecular complexity index is 372. The fourth-order valence-corrected chi connectivity index (χ4v) is 3.77. The fraction of sp³-hybridized carbons (Fsp3) is 0.947. The SMILES string of the molecule is CCNC(=NCCCCOCCOC)NC1CCN(C2CCCC2)C1. The number of aliphatic imine (C=N–C) groups is 1. The zero-order valence-electron chi connectivity index (χ0n) is 16.3. The predicted molar refractivity (Wildman–Crippen MR) is 103 cm³/mol. The van der Waals surface area contributed by atoms with E-state index in [9.17, 15) is 0 Å². The van der Waals surface area contributed by atoms with E-state index in [0.29, 0.717) is 19.3 Å². The summed E-state index contributed by atoms with van der Waals surface area (Å²) in [5.74, 6) is 0.973. The van der Waals surface area contributed by atoms with Gasteiger partial charge in [0.2, 0.25) is 0 Å². The van der Waals surface area contributed by atoms with E-state index in [1.54, 1.807) is 7.11 Å². The number of hydrogen-bond acceptors (Lipinski definition) is 4. The maximum Gasteiger partial charge on any atom is 0.191 e. The number of likely N-dealkylation sites (tertiary alicyclic amines) is 1. The molecule has 0 spiro atoms. The van der Waals surface area contributed by atoms with Crippen LogP contribution >= 0.6 is 0 Å². The van der Waals surface area contributed by atoms with E-state index in [2.05, 4.69) is 22.5 Å². The van der Waals surface area contributed by atoms with Gasteiger partial charge in [-0.2, -0.15) is 0 Å². The third-order valence-corrected chi connectivity index (χ3v) is 5.14. The first kappa shape index (κ1) is 20.5. The van der Waals surface area contributed by atoms with E-state index in [0.717, 1.165) is 44.5 Å². The quantitative estimate of drug-likeness (QED) is 0.338. The Morgan fingerprint density at radius 3 is 2.72 bits per heavy atom. The molecule has 0 aromatic rings. The number of guanidine groups is 1. The van der Waals surface area contributed by atoms with Gasteiger partial charge >= 0.3 is 0 Å². The molecule has 0 radical (unpaired) electrons. The minimum atomic E-state index is 0.538. The second-order valence-corrected chi connectivity index (χ2v) is 7.14. The summed E-state index contributed by atoms with van der Waals surface area (Å²) in [6.07, 6.45) is 8.96. The topological polar surface area (TPSA) is 58.1 Å². The number of methoxy groups -OCH3 is 1. The van der Waals surface area contributed by atoms with E-state index in [1.807, 2.05) is 0 Å². The van der Waals surface area contributed by atoms with Crippen molar-refractivity contribution in [2.24, 2.45) is 4.99 Å². The van der Waals surface area contributed by atoms with E-state index in [1.165, 1.54) is 45.2 Å². The van der Waals surface area contributed by atoms with E-state index < -0.39 is 0 Å². The van der Waals surface area contributed by atoms with Crippen molar-refractivity contribution in [2.45, 2.75) is 64.0 Å². The van der Waals surface area contributed by atoms with Crippen LogP contribution in [0.3, 0.4) is 0 Å². The Balaban J connectivity index is 1.62. The highest BCUT2D eigenvalue weighted by molar-refractivity contribution is 5.80. The average molecular weight is 355 g/mol. The number of hydrogen-bond donors (Lipinski definition) is 2. The molecular weight excluding hydrogens is 316 g/mol. The van der Waals surface area contributed by atoms with Gasteiger partial charge in [0.25, 0.3) is 0 Å². The van der Waals surface area contributed by atoms with Crippen LogP contribution in [0.15, 0.2) is 4.99 Å². The van der Waals surface area contributed by atoms with Crippen LogP contribution in [0.2, 0.25) is 0 Å². The summed E-state index contributed by atoms with van der Waals surface area (Å²) in [5.41, 5.74) is 0. The van der Waals surface area contributed by atoms with E-state index in [4.69, 9.17) is 14.5 Å². The molecule has 1 aliphatic heterocycles. The molecule has 6 heteroatoms. The molecule has 1 atom stereocenters. The zero-order chi connectivity index (χ0) is 17.7. The van der Waals surface area contributed by atoms with Gasteiger partial charge in [-0.05, 0) is 39.0 Å². The molecule has 1 aliphatic carbocycles. The summed E-state index contributed by atoms with van der Waals surface area (Å²) in [6.45, 7) is 8.44. The third-order valence-electron chi connectivity index (χ3n) is 5.14. The van der Waals surface area contributed by atoms with Crippen LogP contribution in [-0.2, 0) is 9.47 Å². The first-order chi connectivity index (χ1) is 12.3. The van der Waals surface area contributed by atoms with Gasteiger partial charge in [-0.1, -0.05) is 12.8 Å². The second kappa shape index (κ2) is 12.5. The highest BCUT2D eigenvalue weighted by Crippen LogP contribution is 2.26. The number of rotatable bonds is 11. The van der Waals surface area contributed by atoms with Crippen LogP contribution in [0.25, 0.3) is 0 Å². The van der Waals surface area contributed by atoms with Crippen molar-refractivity contribution in [3.05, 3.63) is 0 Å². The molecule has 146 valence electrons. The monoisotopic (exact) mass is 354 g/mol. The first-order valence-corrected chi connectivity index (χ1v) is 10.2. The molecule has 25 heavy (non-hydrogen) atoms. The molecule has 0 amide bonds. The van der Waals surface area contributed by atoms with Crippen LogP contribution < -0.4 is 10.6 Å². The Labute approximate surface area is 153 Å². The summed E-state index contributed by atoms with van der Waals surface area (Å²) >= 11 is 0. The molecule has 0 aromatic heterocycles. The number of unbranched alkanes of at least 4 members (excludes halogenated alkanes) is 1. The normalized spacial score (nSPS) is 22.6. The lowest BCUT2D eigenvalue weighted by Crippen LogP contribution is -2.45. The molecule has 2 rings (SSSR count). The molecule has 1 heterocycles. The second-order valence-electron chi connectivity index (χ2n) is 7.14. The van der Waals surface area contributed by atoms with Crippen molar-refractivity contribution in [1.82, 2.24) is 15.5 Å². The zero-order valence-corrected chi connectivity index (χ0v) is 16.3. The average Bonchev–Trinajstić information content (AvgIpc) is 3.28. The summed E-state index contributed by atoms with van der Waals surface area (Å²) < 4.78 is 10.5. The van der Waals surface area contributed by atoms with Gasteiger partial charge in [-0.15, -0.1) is 0 Å². The molecule has 2 aliphatic rings. The van der Waals surface area contributed by atoms with Gasteiger partial charge in [0, 0.05) is 52.0 Å². The van der Waals surface area contributed by atoms with Crippen molar-refractivity contribution in [1.29, 1.82) is 0 Å². The summed E-state index contributed by atoms with van der Waals surface area (Å²) in [6, 6.07) is 1.38. The van der Waals surface area contributed by atoms with Crippen molar-refractivity contribution in [3.8, 4) is 0 Å². The van der Waals surface area contributed by atoms with E-state index >= 15 is 0 Å². The third kappa shape index (κ3) is 7.92. The molecule has 2 fully saturated rings. The van der Waals surface area contributed by atoms with Gasteiger partial charge < -0.3 is 20.1 Å². The molecule has 1 saturated heterocycles. The number of nitrogens with one attached hydrogen (secondary N) is 2. The molecule has 0 aromatic carbocycles. The Hall–Kier alpha value is -0.850. The molecule has 6 nitrogen and oxygen atoms in total. The van der Waals surface area contributed by atoms with Gasteiger partial charge in [0.05, 0.1) is 13.2 Å². The van der Waals surface area contributed by atoms with Crippen LogP contribution in [0.5, 0.6) is 0 Å². The van der Waals surface area contributed by atoms with Crippen LogP contribution in [-0.4, -0.2) is 76.1 Å². The van der Waals surface area contributed by atoms with Crippen LogP contribution in [0.1, 0.15) is 51.9 Å². The minimum Gasteiger partial charge on any atom is -0.382 e. The van der Waals surface area contributed by atoms with Crippen molar-refractivity contribution >= 4 is 5.96 Å². The Kier molecular flexibility index (Phi) is 10.2. The minimum absolute atomic E-state index is 0.538. The summed E-state index contributed by atoms with van der Waals surface area (Å²) in [4.78, 5) is 7.42. The van der Waals surface area contributed by atoms with Gasteiger partial charge in [-0.3, -0.25) is 9.89 Å². The summed E-state index contributed by atoms with van der Waals surface area (Å²) in [5, 5.41) is 7.02. The molecule has 2 N–H and O–H groups in total. The van der Waals surface area contributed by atoms with Crippen molar-refractivity contribution in [2.75, 3.05) is 53.1 Å². The van der Waals surface area contributed by atoms with Crippen LogP contribution in [0, 0.1) is 0 Å². The maximum absolute atomic E-state index is 5.49. The number of ether oxygens (including phenoxy) is 2. The van der Waals surface area contributed by atoms with E-state index in [-0.39, 0.29) is 0 Å². The number of nitrogens with zero attached hydrogens (tertiary/aromatic N) is 2.